The molecule has 0 amide bonds. The second kappa shape index (κ2) is 6.65. The van der Waals surface area contributed by atoms with Gasteiger partial charge in [0.15, 0.2) is 0 Å². The van der Waals surface area contributed by atoms with E-state index in [9.17, 15) is 12.8 Å². The van der Waals surface area contributed by atoms with E-state index in [1.54, 1.807) is 0 Å². The van der Waals surface area contributed by atoms with E-state index in [1.807, 2.05) is 18.4 Å². The predicted octanol–water partition coefficient (Wildman–Crippen LogP) is 2.42. The van der Waals surface area contributed by atoms with E-state index in [-0.39, 0.29) is 13.2 Å². The van der Waals surface area contributed by atoms with Gasteiger partial charge in [0.25, 0.3) is 0 Å². The predicted molar refractivity (Wildman–Crippen MR) is 80.0 cm³/mol. The smallest absolute Gasteiger partial charge is 0.243 e. The van der Waals surface area contributed by atoms with Gasteiger partial charge < -0.3 is 5.11 Å². The standard InChI is InChI=1S/C14H16FNO3S2/c1-2-11-5-6-20-13(11)8-16-21(18,19)14-7-10(9-17)3-4-12(14)15/h3-7,16-17H,2,8-9H2,1H3. The summed E-state index contributed by atoms with van der Waals surface area (Å²) in [4.78, 5) is 0.475. The Morgan fingerprint density at radius 1 is 1.33 bits per heavy atom. The van der Waals surface area contributed by atoms with Crippen LogP contribution in [0.5, 0.6) is 0 Å². The molecule has 21 heavy (non-hydrogen) atoms. The number of hydrogen-bond donors (Lipinski definition) is 2. The minimum atomic E-state index is -3.95. The molecule has 2 N–H and O–H groups in total. The van der Waals surface area contributed by atoms with Crippen molar-refractivity contribution < 1.29 is 17.9 Å². The Labute approximate surface area is 127 Å². The molecule has 114 valence electrons. The maximum atomic E-state index is 13.7. The lowest BCUT2D eigenvalue weighted by Gasteiger charge is -2.09. The number of benzene rings is 1. The summed E-state index contributed by atoms with van der Waals surface area (Å²) in [6, 6.07) is 5.49. The van der Waals surface area contributed by atoms with Gasteiger partial charge in [-0.15, -0.1) is 11.3 Å². The SMILES string of the molecule is CCc1ccsc1CNS(=O)(=O)c1cc(CO)ccc1F. The van der Waals surface area contributed by atoms with Crippen molar-refractivity contribution in [1.82, 2.24) is 4.72 Å². The molecule has 2 aromatic rings. The van der Waals surface area contributed by atoms with Gasteiger partial charge in [-0.05, 0) is 41.1 Å². The fraction of sp³-hybridized carbons (Fsp3) is 0.286. The zero-order chi connectivity index (χ0) is 15.5. The maximum Gasteiger partial charge on any atom is 0.243 e. The molecule has 1 heterocycles. The summed E-state index contributed by atoms with van der Waals surface area (Å²) in [5.41, 5.74) is 1.43. The summed E-state index contributed by atoms with van der Waals surface area (Å²) in [5.74, 6) is -0.832. The summed E-state index contributed by atoms with van der Waals surface area (Å²) in [6.07, 6.45) is 0.814. The molecule has 0 aliphatic carbocycles. The van der Waals surface area contributed by atoms with Gasteiger partial charge in [-0.1, -0.05) is 13.0 Å². The molecule has 1 aromatic heterocycles. The highest BCUT2D eigenvalue weighted by atomic mass is 32.2. The lowest BCUT2D eigenvalue weighted by molar-refractivity contribution is 0.281. The Morgan fingerprint density at radius 2 is 2.10 bits per heavy atom. The van der Waals surface area contributed by atoms with Gasteiger partial charge in [-0.25, -0.2) is 17.5 Å². The van der Waals surface area contributed by atoms with E-state index in [0.29, 0.717) is 5.56 Å². The number of aryl methyl sites for hydroxylation is 1. The number of hydrogen-bond acceptors (Lipinski definition) is 4. The number of nitrogens with one attached hydrogen (secondary N) is 1. The van der Waals surface area contributed by atoms with Crippen LogP contribution < -0.4 is 4.72 Å². The normalized spacial score (nSPS) is 11.8. The zero-order valence-corrected chi connectivity index (χ0v) is 13.1. The highest BCUT2D eigenvalue weighted by Gasteiger charge is 2.20. The first-order valence-corrected chi connectivity index (χ1v) is 8.78. The van der Waals surface area contributed by atoms with Crippen molar-refractivity contribution in [2.75, 3.05) is 0 Å². The number of aliphatic hydroxyl groups is 1. The molecule has 0 atom stereocenters. The van der Waals surface area contributed by atoms with Gasteiger partial charge in [-0.3, -0.25) is 0 Å². The molecule has 0 fully saturated rings. The molecule has 7 heteroatoms. The largest absolute Gasteiger partial charge is 0.392 e. The van der Waals surface area contributed by atoms with Crippen LogP contribution in [0.1, 0.15) is 22.9 Å². The minimum absolute atomic E-state index is 0.131. The van der Waals surface area contributed by atoms with Crippen LogP contribution >= 0.6 is 11.3 Å². The van der Waals surface area contributed by atoms with Gasteiger partial charge in [0.2, 0.25) is 10.0 Å². The van der Waals surface area contributed by atoms with Gasteiger partial charge in [0.1, 0.15) is 10.7 Å². The molecule has 0 radical (unpaired) electrons. The van der Waals surface area contributed by atoms with Crippen molar-refractivity contribution in [3.63, 3.8) is 0 Å². The molecule has 1 aromatic carbocycles. The molecule has 2 rings (SSSR count). The molecule has 0 saturated carbocycles. The fourth-order valence-corrected chi connectivity index (χ4v) is 4.06. The van der Waals surface area contributed by atoms with Crippen LogP contribution in [-0.4, -0.2) is 13.5 Å². The Hall–Kier alpha value is -1.28. The molecular weight excluding hydrogens is 313 g/mol. The molecular formula is C14H16FNO3S2. The van der Waals surface area contributed by atoms with E-state index in [4.69, 9.17) is 5.11 Å². The molecule has 0 spiro atoms. The second-order valence-electron chi connectivity index (χ2n) is 4.47. The lowest BCUT2D eigenvalue weighted by atomic mass is 10.2. The van der Waals surface area contributed by atoms with Crippen molar-refractivity contribution in [2.24, 2.45) is 0 Å². The average molecular weight is 329 g/mol. The number of rotatable bonds is 6. The minimum Gasteiger partial charge on any atom is -0.392 e. The van der Waals surface area contributed by atoms with Crippen LogP contribution in [0, 0.1) is 5.82 Å². The topological polar surface area (TPSA) is 66.4 Å². The summed E-state index contributed by atoms with van der Waals surface area (Å²) in [7, 11) is -3.95. The highest BCUT2D eigenvalue weighted by Crippen LogP contribution is 2.20. The van der Waals surface area contributed by atoms with E-state index in [0.717, 1.165) is 29.0 Å². The Bertz CT molecular complexity index is 726. The van der Waals surface area contributed by atoms with Crippen LogP contribution in [0.15, 0.2) is 34.5 Å². The first-order chi connectivity index (χ1) is 9.97. The second-order valence-corrected chi connectivity index (χ2v) is 7.21. The number of aliphatic hydroxyl groups excluding tert-OH is 1. The fourth-order valence-electron chi connectivity index (χ4n) is 1.93. The van der Waals surface area contributed by atoms with Crippen LogP contribution in [0.3, 0.4) is 0 Å². The van der Waals surface area contributed by atoms with Crippen molar-refractivity contribution in [3.05, 3.63) is 51.5 Å². The van der Waals surface area contributed by atoms with E-state index in [1.165, 1.54) is 17.4 Å². The number of thiophene rings is 1. The molecule has 0 saturated heterocycles. The summed E-state index contributed by atoms with van der Waals surface area (Å²) in [5, 5.41) is 10.9. The van der Waals surface area contributed by atoms with E-state index in [2.05, 4.69) is 4.72 Å². The van der Waals surface area contributed by atoms with E-state index < -0.39 is 20.7 Å². The van der Waals surface area contributed by atoms with Gasteiger partial charge >= 0.3 is 0 Å². The number of halogens is 1. The molecule has 0 bridgehead atoms. The summed E-state index contributed by atoms with van der Waals surface area (Å²) < 4.78 is 40.5. The van der Waals surface area contributed by atoms with Gasteiger partial charge in [0.05, 0.1) is 6.61 Å². The Morgan fingerprint density at radius 3 is 2.76 bits per heavy atom. The first kappa shape index (κ1) is 16.1. The van der Waals surface area contributed by atoms with E-state index >= 15 is 0 Å². The van der Waals surface area contributed by atoms with Crippen LogP contribution in [-0.2, 0) is 29.6 Å². The Balaban J connectivity index is 2.23. The quantitative estimate of drug-likeness (QED) is 0.855. The third kappa shape index (κ3) is 3.68. The van der Waals surface area contributed by atoms with Gasteiger partial charge in [0, 0.05) is 11.4 Å². The highest BCUT2D eigenvalue weighted by molar-refractivity contribution is 7.89. The Kier molecular flexibility index (Phi) is 5.10. The molecule has 0 unspecified atom stereocenters. The summed E-state index contributed by atoms with van der Waals surface area (Å²) in [6.45, 7) is 1.78. The zero-order valence-electron chi connectivity index (χ0n) is 11.5. The first-order valence-electron chi connectivity index (χ1n) is 6.42. The third-order valence-electron chi connectivity index (χ3n) is 3.11. The third-order valence-corrected chi connectivity index (χ3v) is 5.49. The number of sulfonamides is 1. The van der Waals surface area contributed by atoms with Crippen LogP contribution in [0.2, 0.25) is 0 Å². The lowest BCUT2D eigenvalue weighted by Crippen LogP contribution is -2.24. The average Bonchev–Trinajstić information content (AvgIpc) is 2.93. The maximum absolute atomic E-state index is 13.7. The van der Waals surface area contributed by atoms with Crippen molar-refractivity contribution in [3.8, 4) is 0 Å². The van der Waals surface area contributed by atoms with Crippen LogP contribution in [0.25, 0.3) is 0 Å². The van der Waals surface area contributed by atoms with Crippen molar-refractivity contribution in [1.29, 1.82) is 0 Å². The molecule has 0 aliphatic heterocycles. The van der Waals surface area contributed by atoms with Gasteiger partial charge in [-0.2, -0.15) is 0 Å². The van der Waals surface area contributed by atoms with Crippen molar-refractivity contribution in [2.45, 2.75) is 31.4 Å². The summed E-state index contributed by atoms with van der Waals surface area (Å²) >= 11 is 1.46. The van der Waals surface area contributed by atoms with Crippen LogP contribution in [0.4, 0.5) is 4.39 Å². The monoisotopic (exact) mass is 329 g/mol. The van der Waals surface area contributed by atoms with Crippen molar-refractivity contribution >= 4 is 21.4 Å². The molecule has 4 nitrogen and oxygen atoms in total. The molecule has 0 aliphatic rings.